The largest absolute Gasteiger partial charge is 0.391 e. The number of alkyl halides is 3. The number of carbonyl (C=O) groups excluding carboxylic acids is 1. The molecule has 4 rings (SSSR count). The highest BCUT2D eigenvalue weighted by molar-refractivity contribution is 8.00. The number of piperidine rings is 1. The first-order valence-electron chi connectivity index (χ1n) is 7.69. The minimum Gasteiger partial charge on any atom is -0.313 e. The number of hydrazine groups is 1. The van der Waals surface area contributed by atoms with E-state index in [1.54, 1.807) is 16.7 Å². The highest BCUT2D eigenvalue weighted by atomic mass is 32.2. The third kappa shape index (κ3) is 2.33. The van der Waals surface area contributed by atoms with Gasteiger partial charge in [0.1, 0.15) is 5.50 Å². The van der Waals surface area contributed by atoms with E-state index < -0.39 is 12.1 Å². The third-order valence-electron chi connectivity index (χ3n) is 5.43. The number of rotatable bonds is 0. The standard InChI is InChI=1S/C13H19F3N4OS/c14-13(15,16)6-1-2-7-9(3-6)17-4-8-10(7)22-12-19-18-5-20(12)11(8)21/h6-10,12,17-19H,1-5H2. The summed E-state index contributed by atoms with van der Waals surface area (Å²) >= 11 is 1.69. The Labute approximate surface area is 130 Å². The second-order valence-corrected chi connectivity index (χ2v) is 7.84. The van der Waals surface area contributed by atoms with E-state index in [1.165, 1.54) is 0 Å². The van der Waals surface area contributed by atoms with Crippen LogP contribution in [0.4, 0.5) is 13.2 Å². The summed E-state index contributed by atoms with van der Waals surface area (Å²) in [4.78, 5) is 14.3. The van der Waals surface area contributed by atoms with Crippen LogP contribution < -0.4 is 16.2 Å². The molecule has 3 saturated heterocycles. The Morgan fingerprint density at radius 2 is 2.09 bits per heavy atom. The minimum absolute atomic E-state index is 0.0900. The number of nitrogens with zero attached hydrogens (tertiary/aromatic N) is 1. The molecule has 124 valence electrons. The summed E-state index contributed by atoms with van der Waals surface area (Å²) < 4.78 is 38.9. The van der Waals surface area contributed by atoms with Crippen LogP contribution in [0, 0.1) is 17.8 Å². The molecule has 3 aliphatic heterocycles. The average molecular weight is 336 g/mol. The molecule has 0 aromatic rings. The van der Waals surface area contributed by atoms with Crippen molar-refractivity contribution in [3.8, 4) is 0 Å². The summed E-state index contributed by atoms with van der Waals surface area (Å²) in [6, 6.07) is -0.122. The van der Waals surface area contributed by atoms with Gasteiger partial charge in [-0.1, -0.05) is 0 Å². The molecule has 0 radical (unpaired) electrons. The van der Waals surface area contributed by atoms with E-state index in [0.717, 1.165) is 0 Å². The average Bonchev–Trinajstić information content (AvgIpc) is 2.94. The molecule has 1 aliphatic carbocycles. The Balaban J connectivity index is 1.51. The maximum absolute atomic E-state index is 13.0. The summed E-state index contributed by atoms with van der Waals surface area (Å²) in [5.74, 6) is -1.07. The summed E-state index contributed by atoms with van der Waals surface area (Å²) in [6.45, 7) is 0.982. The quantitative estimate of drug-likeness (QED) is 0.612. The van der Waals surface area contributed by atoms with Gasteiger partial charge in [-0.15, -0.1) is 11.8 Å². The van der Waals surface area contributed by atoms with E-state index in [1.807, 2.05) is 0 Å². The fraction of sp³-hybridized carbons (Fsp3) is 0.923. The molecular formula is C13H19F3N4OS. The van der Waals surface area contributed by atoms with Crippen LogP contribution in [0.2, 0.25) is 0 Å². The number of carbonyl (C=O) groups is 1. The van der Waals surface area contributed by atoms with Crippen molar-refractivity contribution < 1.29 is 18.0 Å². The van der Waals surface area contributed by atoms with Crippen LogP contribution in [0.1, 0.15) is 19.3 Å². The van der Waals surface area contributed by atoms with Gasteiger partial charge in [0.2, 0.25) is 5.91 Å². The summed E-state index contributed by atoms with van der Waals surface area (Å²) in [6.07, 6.45) is -3.23. The van der Waals surface area contributed by atoms with Crippen molar-refractivity contribution in [3.05, 3.63) is 0 Å². The highest BCUT2D eigenvalue weighted by Gasteiger charge is 2.54. The van der Waals surface area contributed by atoms with Crippen LogP contribution in [0.5, 0.6) is 0 Å². The lowest BCUT2D eigenvalue weighted by atomic mass is 9.71. The van der Waals surface area contributed by atoms with Crippen molar-refractivity contribution in [2.45, 2.75) is 42.2 Å². The molecule has 1 saturated carbocycles. The van der Waals surface area contributed by atoms with E-state index in [-0.39, 0.29) is 47.4 Å². The second kappa shape index (κ2) is 5.25. The van der Waals surface area contributed by atoms with Gasteiger partial charge >= 0.3 is 6.18 Å². The molecule has 6 atom stereocenters. The van der Waals surface area contributed by atoms with Gasteiger partial charge < -0.3 is 10.2 Å². The van der Waals surface area contributed by atoms with Gasteiger partial charge in [-0.25, -0.2) is 10.9 Å². The summed E-state index contributed by atoms with van der Waals surface area (Å²) in [5, 5.41) is 3.34. The number of halogens is 3. The number of fused-ring (bicyclic) bond motifs is 4. The van der Waals surface area contributed by atoms with Gasteiger partial charge in [-0.3, -0.25) is 4.79 Å². The lowest BCUT2D eigenvalue weighted by Gasteiger charge is -2.51. The zero-order valence-electron chi connectivity index (χ0n) is 11.9. The van der Waals surface area contributed by atoms with E-state index in [2.05, 4.69) is 16.2 Å². The van der Waals surface area contributed by atoms with Crippen LogP contribution in [-0.2, 0) is 4.79 Å². The molecule has 6 unspecified atom stereocenters. The smallest absolute Gasteiger partial charge is 0.313 e. The van der Waals surface area contributed by atoms with Gasteiger partial charge in [0.15, 0.2) is 0 Å². The molecular weight excluding hydrogens is 317 g/mol. The number of hydrogen-bond acceptors (Lipinski definition) is 5. The van der Waals surface area contributed by atoms with Crippen LogP contribution in [0.15, 0.2) is 0 Å². The second-order valence-electron chi connectivity index (χ2n) is 6.58. The van der Waals surface area contributed by atoms with E-state index in [4.69, 9.17) is 0 Å². The maximum atomic E-state index is 13.0. The highest BCUT2D eigenvalue weighted by Crippen LogP contribution is 2.48. The molecule has 4 aliphatic rings. The van der Waals surface area contributed by atoms with Crippen molar-refractivity contribution in [2.75, 3.05) is 13.2 Å². The van der Waals surface area contributed by atoms with Gasteiger partial charge in [-0.2, -0.15) is 13.2 Å². The summed E-state index contributed by atoms with van der Waals surface area (Å²) in [7, 11) is 0. The lowest BCUT2D eigenvalue weighted by Crippen LogP contribution is -2.63. The first-order valence-corrected chi connectivity index (χ1v) is 8.64. The molecule has 0 spiro atoms. The Morgan fingerprint density at radius 1 is 1.27 bits per heavy atom. The number of thioether (sulfide) groups is 1. The topological polar surface area (TPSA) is 56.4 Å². The zero-order valence-corrected chi connectivity index (χ0v) is 12.7. The first-order chi connectivity index (χ1) is 10.4. The summed E-state index contributed by atoms with van der Waals surface area (Å²) in [5.41, 5.74) is 5.95. The molecule has 1 amide bonds. The molecule has 4 fully saturated rings. The van der Waals surface area contributed by atoms with Crippen LogP contribution in [0.25, 0.3) is 0 Å². The zero-order chi connectivity index (χ0) is 15.5. The predicted molar refractivity (Wildman–Crippen MR) is 75.3 cm³/mol. The Kier molecular flexibility index (Phi) is 3.59. The molecule has 0 aromatic carbocycles. The van der Waals surface area contributed by atoms with Gasteiger partial charge in [0.25, 0.3) is 0 Å². The van der Waals surface area contributed by atoms with E-state index in [9.17, 15) is 18.0 Å². The van der Waals surface area contributed by atoms with Gasteiger partial charge in [0, 0.05) is 17.8 Å². The SMILES string of the molecule is O=C1C2CNC3CC(C(F)(F)F)CCC3C2SC2NNCN12. The van der Waals surface area contributed by atoms with Crippen molar-refractivity contribution in [2.24, 2.45) is 17.8 Å². The fourth-order valence-corrected chi connectivity index (χ4v) is 5.98. The van der Waals surface area contributed by atoms with Crippen molar-refractivity contribution in [1.82, 2.24) is 21.1 Å². The first kappa shape index (κ1) is 15.0. The minimum atomic E-state index is -4.10. The maximum Gasteiger partial charge on any atom is 0.391 e. The number of amides is 1. The van der Waals surface area contributed by atoms with Crippen LogP contribution >= 0.6 is 11.8 Å². The Hall–Kier alpha value is -0.510. The predicted octanol–water partition coefficient (Wildman–Crippen LogP) is 0.846. The molecule has 5 nitrogen and oxygen atoms in total. The van der Waals surface area contributed by atoms with E-state index in [0.29, 0.717) is 19.6 Å². The van der Waals surface area contributed by atoms with E-state index >= 15 is 0 Å². The lowest BCUT2D eigenvalue weighted by molar-refractivity contribution is -0.188. The Morgan fingerprint density at radius 3 is 2.86 bits per heavy atom. The number of nitrogens with one attached hydrogen (secondary N) is 3. The molecule has 0 aromatic heterocycles. The van der Waals surface area contributed by atoms with Crippen molar-refractivity contribution >= 4 is 17.7 Å². The van der Waals surface area contributed by atoms with Crippen molar-refractivity contribution in [1.29, 1.82) is 0 Å². The molecule has 22 heavy (non-hydrogen) atoms. The third-order valence-corrected chi connectivity index (χ3v) is 7.05. The number of hydrogen-bond donors (Lipinski definition) is 3. The Bertz CT molecular complexity index is 477. The normalized spacial score (nSPS) is 45.2. The molecule has 3 heterocycles. The molecule has 3 N–H and O–H groups in total. The van der Waals surface area contributed by atoms with Gasteiger partial charge in [-0.05, 0) is 25.2 Å². The van der Waals surface area contributed by atoms with Gasteiger partial charge in [0.05, 0.1) is 18.5 Å². The van der Waals surface area contributed by atoms with Crippen LogP contribution in [-0.4, -0.2) is 47.0 Å². The molecule has 9 heteroatoms. The fourth-order valence-electron chi connectivity index (χ4n) is 4.28. The molecule has 0 bridgehead atoms. The van der Waals surface area contributed by atoms with Crippen LogP contribution in [0.3, 0.4) is 0 Å². The monoisotopic (exact) mass is 336 g/mol. The van der Waals surface area contributed by atoms with Crippen molar-refractivity contribution in [3.63, 3.8) is 0 Å².